The van der Waals surface area contributed by atoms with Crippen molar-refractivity contribution in [2.75, 3.05) is 5.32 Å². The SMILES string of the molecule is O=C(CCCc1nc(-c2cccnc2)no1)Nc1cnc2n1CCCC2. The minimum atomic E-state index is -0.0229. The first-order valence-corrected chi connectivity index (χ1v) is 8.87. The molecule has 0 bridgehead atoms. The number of hydrogen-bond donors (Lipinski definition) is 1. The molecule has 0 spiro atoms. The molecule has 3 aromatic rings. The molecule has 0 fully saturated rings. The summed E-state index contributed by atoms with van der Waals surface area (Å²) in [5.41, 5.74) is 0.811. The summed E-state index contributed by atoms with van der Waals surface area (Å²) in [6, 6.07) is 3.70. The number of carbonyl (C=O) groups is 1. The van der Waals surface area contributed by atoms with E-state index in [-0.39, 0.29) is 5.91 Å². The molecule has 134 valence electrons. The molecule has 1 N–H and O–H groups in total. The van der Waals surface area contributed by atoms with Crippen LogP contribution in [-0.4, -0.2) is 30.6 Å². The van der Waals surface area contributed by atoms with Crippen molar-refractivity contribution in [3.63, 3.8) is 0 Å². The zero-order chi connectivity index (χ0) is 17.8. The molecule has 4 heterocycles. The first-order valence-electron chi connectivity index (χ1n) is 8.87. The molecule has 0 aliphatic carbocycles. The molecule has 0 aromatic carbocycles. The molecule has 8 heteroatoms. The van der Waals surface area contributed by atoms with Gasteiger partial charge >= 0.3 is 0 Å². The van der Waals surface area contributed by atoms with Crippen molar-refractivity contribution in [1.82, 2.24) is 24.7 Å². The lowest BCUT2D eigenvalue weighted by Gasteiger charge is -2.16. The third-order valence-corrected chi connectivity index (χ3v) is 4.42. The number of hydrogen-bond acceptors (Lipinski definition) is 6. The van der Waals surface area contributed by atoms with E-state index in [1.165, 1.54) is 0 Å². The monoisotopic (exact) mass is 352 g/mol. The fourth-order valence-corrected chi connectivity index (χ4v) is 3.09. The molecular weight excluding hydrogens is 332 g/mol. The molecule has 0 unspecified atom stereocenters. The van der Waals surface area contributed by atoms with Crippen molar-refractivity contribution in [3.05, 3.63) is 42.4 Å². The number of imidazole rings is 1. The highest BCUT2D eigenvalue weighted by atomic mass is 16.5. The molecule has 0 radical (unpaired) electrons. The zero-order valence-electron chi connectivity index (χ0n) is 14.4. The summed E-state index contributed by atoms with van der Waals surface area (Å²) in [5.74, 6) is 2.87. The van der Waals surface area contributed by atoms with Crippen LogP contribution in [0.5, 0.6) is 0 Å². The fourth-order valence-electron chi connectivity index (χ4n) is 3.09. The molecule has 1 amide bonds. The molecule has 3 aromatic heterocycles. The van der Waals surface area contributed by atoms with E-state index in [4.69, 9.17) is 4.52 Å². The van der Waals surface area contributed by atoms with E-state index in [9.17, 15) is 4.79 Å². The van der Waals surface area contributed by atoms with Crippen LogP contribution in [0.1, 0.15) is 37.4 Å². The van der Waals surface area contributed by atoms with E-state index < -0.39 is 0 Å². The van der Waals surface area contributed by atoms with Crippen molar-refractivity contribution in [3.8, 4) is 11.4 Å². The van der Waals surface area contributed by atoms with E-state index in [1.54, 1.807) is 18.6 Å². The Bertz CT molecular complexity index is 886. The number of nitrogens with one attached hydrogen (secondary N) is 1. The number of aryl methyl sites for hydroxylation is 2. The van der Waals surface area contributed by atoms with Crippen molar-refractivity contribution >= 4 is 11.7 Å². The van der Waals surface area contributed by atoms with Crippen LogP contribution in [0.4, 0.5) is 5.82 Å². The first-order chi connectivity index (χ1) is 12.8. The van der Waals surface area contributed by atoms with Crippen LogP contribution in [0.15, 0.2) is 35.2 Å². The topological polar surface area (TPSA) is 98.7 Å². The van der Waals surface area contributed by atoms with Gasteiger partial charge in [-0.1, -0.05) is 5.16 Å². The molecule has 1 aliphatic heterocycles. The number of anilines is 1. The standard InChI is InChI=1S/C18H20N6O2/c25-16(21-15-12-20-14-6-1-2-10-24(14)15)7-3-8-17-22-18(23-26-17)13-5-4-9-19-11-13/h4-5,9,11-12H,1-3,6-8,10H2,(H,21,25). The molecule has 26 heavy (non-hydrogen) atoms. The van der Waals surface area contributed by atoms with Crippen LogP contribution in [0.25, 0.3) is 11.4 Å². The quantitative estimate of drug-likeness (QED) is 0.732. The van der Waals surface area contributed by atoms with Gasteiger partial charge in [-0.15, -0.1) is 0 Å². The fraction of sp³-hybridized carbons (Fsp3) is 0.389. The Hall–Kier alpha value is -3.03. The van der Waals surface area contributed by atoms with Gasteiger partial charge in [0, 0.05) is 43.8 Å². The van der Waals surface area contributed by atoms with Gasteiger partial charge in [-0.2, -0.15) is 4.98 Å². The van der Waals surface area contributed by atoms with Gasteiger partial charge < -0.3 is 14.4 Å². The van der Waals surface area contributed by atoms with Crippen LogP contribution >= 0.6 is 0 Å². The highest BCUT2D eigenvalue weighted by Gasteiger charge is 2.16. The zero-order valence-corrected chi connectivity index (χ0v) is 14.4. The Balaban J connectivity index is 1.28. The first kappa shape index (κ1) is 16.4. The lowest BCUT2D eigenvalue weighted by molar-refractivity contribution is -0.116. The van der Waals surface area contributed by atoms with E-state index in [2.05, 4.69) is 30.0 Å². The van der Waals surface area contributed by atoms with Crippen LogP contribution in [0, 0.1) is 0 Å². The summed E-state index contributed by atoms with van der Waals surface area (Å²) in [4.78, 5) is 25.0. The van der Waals surface area contributed by atoms with E-state index in [1.807, 2.05) is 12.1 Å². The van der Waals surface area contributed by atoms with E-state index in [0.29, 0.717) is 31.0 Å². The van der Waals surface area contributed by atoms with E-state index >= 15 is 0 Å². The number of carbonyl (C=O) groups excluding carboxylic acids is 1. The molecule has 0 saturated heterocycles. The predicted octanol–water partition coefficient (Wildman–Crippen LogP) is 2.63. The normalized spacial score (nSPS) is 13.4. The minimum absolute atomic E-state index is 0.0229. The van der Waals surface area contributed by atoms with Gasteiger partial charge in [0.15, 0.2) is 0 Å². The van der Waals surface area contributed by atoms with Crippen molar-refractivity contribution in [1.29, 1.82) is 0 Å². The van der Waals surface area contributed by atoms with Crippen LogP contribution in [0.3, 0.4) is 0 Å². The third-order valence-electron chi connectivity index (χ3n) is 4.42. The number of pyridine rings is 1. The smallest absolute Gasteiger partial charge is 0.226 e. The number of amides is 1. The maximum Gasteiger partial charge on any atom is 0.226 e. The highest BCUT2D eigenvalue weighted by Crippen LogP contribution is 2.20. The molecule has 0 saturated carbocycles. The second-order valence-corrected chi connectivity index (χ2v) is 6.32. The Morgan fingerprint density at radius 2 is 2.27 bits per heavy atom. The third kappa shape index (κ3) is 3.63. The number of fused-ring (bicyclic) bond motifs is 1. The maximum atomic E-state index is 12.2. The lowest BCUT2D eigenvalue weighted by atomic mass is 10.2. The Kier molecular flexibility index (Phi) is 4.72. The van der Waals surface area contributed by atoms with Crippen LogP contribution in [-0.2, 0) is 24.2 Å². The largest absolute Gasteiger partial charge is 0.339 e. The van der Waals surface area contributed by atoms with Gasteiger partial charge in [0.25, 0.3) is 0 Å². The Morgan fingerprint density at radius 3 is 3.15 bits per heavy atom. The van der Waals surface area contributed by atoms with Crippen LogP contribution < -0.4 is 5.32 Å². The summed E-state index contributed by atoms with van der Waals surface area (Å²) >= 11 is 0. The Morgan fingerprint density at radius 1 is 1.31 bits per heavy atom. The second kappa shape index (κ2) is 7.47. The number of nitrogens with zero attached hydrogens (tertiary/aromatic N) is 5. The van der Waals surface area contributed by atoms with Gasteiger partial charge in [-0.05, 0) is 31.4 Å². The average molecular weight is 352 g/mol. The van der Waals surface area contributed by atoms with Crippen molar-refractivity contribution in [2.45, 2.75) is 45.1 Å². The molecule has 4 rings (SSSR count). The van der Waals surface area contributed by atoms with Gasteiger partial charge in [0.05, 0.1) is 6.20 Å². The molecular formula is C18H20N6O2. The summed E-state index contributed by atoms with van der Waals surface area (Å²) in [5, 5.41) is 6.91. The molecule has 1 aliphatic rings. The summed E-state index contributed by atoms with van der Waals surface area (Å²) < 4.78 is 7.34. The van der Waals surface area contributed by atoms with Gasteiger partial charge in [0.2, 0.25) is 17.6 Å². The maximum absolute atomic E-state index is 12.2. The molecule has 0 atom stereocenters. The Labute approximate surface area is 150 Å². The van der Waals surface area contributed by atoms with Crippen LogP contribution in [0.2, 0.25) is 0 Å². The van der Waals surface area contributed by atoms with Crippen molar-refractivity contribution in [2.24, 2.45) is 0 Å². The molecule has 8 nitrogen and oxygen atoms in total. The second-order valence-electron chi connectivity index (χ2n) is 6.32. The van der Waals surface area contributed by atoms with Gasteiger partial charge in [-0.3, -0.25) is 9.78 Å². The predicted molar refractivity (Wildman–Crippen MR) is 94.3 cm³/mol. The lowest BCUT2D eigenvalue weighted by Crippen LogP contribution is -2.18. The highest BCUT2D eigenvalue weighted by molar-refractivity contribution is 5.89. The van der Waals surface area contributed by atoms with Gasteiger partial charge in [0.1, 0.15) is 11.6 Å². The van der Waals surface area contributed by atoms with Crippen molar-refractivity contribution < 1.29 is 9.32 Å². The average Bonchev–Trinajstić information content (AvgIpc) is 3.30. The minimum Gasteiger partial charge on any atom is -0.339 e. The number of rotatable bonds is 6. The number of aromatic nitrogens is 5. The summed E-state index contributed by atoms with van der Waals surface area (Å²) in [6.07, 6.45) is 9.99. The summed E-state index contributed by atoms with van der Waals surface area (Å²) in [6.45, 7) is 0.921. The van der Waals surface area contributed by atoms with Gasteiger partial charge in [-0.25, -0.2) is 4.98 Å². The van der Waals surface area contributed by atoms with E-state index in [0.717, 1.165) is 43.0 Å². The summed E-state index contributed by atoms with van der Waals surface area (Å²) in [7, 11) is 0.